The van der Waals surface area contributed by atoms with Crippen LogP contribution >= 0.6 is 0 Å². The number of fused-ring (bicyclic) bond motifs is 1. The van der Waals surface area contributed by atoms with Crippen LogP contribution in [0.5, 0.6) is 0 Å². The van der Waals surface area contributed by atoms with E-state index < -0.39 is 12.1 Å². The lowest BCUT2D eigenvalue weighted by Crippen LogP contribution is -2.43. The van der Waals surface area contributed by atoms with Crippen molar-refractivity contribution >= 4 is 24.2 Å². The molecule has 3 rings (SSSR count). The highest BCUT2D eigenvalue weighted by Gasteiger charge is 2.32. The number of nitrogens with one attached hydrogen (secondary N) is 1. The third kappa shape index (κ3) is 7.48. The van der Waals surface area contributed by atoms with Crippen LogP contribution in [0.25, 0.3) is 0 Å². The van der Waals surface area contributed by atoms with E-state index >= 15 is 0 Å². The van der Waals surface area contributed by atoms with Crippen LogP contribution in [0.3, 0.4) is 0 Å². The summed E-state index contributed by atoms with van der Waals surface area (Å²) in [4.78, 5) is 45.0. The smallest absolute Gasteiger partial charge is 0.410 e. The van der Waals surface area contributed by atoms with Gasteiger partial charge in [-0.2, -0.15) is 5.26 Å². The summed E-state index contributed by atoms with van der Waals surface area (Å²) in [6, 6.07) is 3.46. The lowest BCUT2D eigenvalue weighted by molar-refractivity contribution is 0.0525. The molecule has 40 heavy (non-hydrogen) atoms. The maximum absolute atomic E-state index is 13.4. The number of urea groups is 1. The van der Waals surface area contributed by atoms with Gasteiger partial charge < -0.3 is 19.5 Å². The van der Waals surface area contributed by atoms with Gasteiger partial charge >= 0.3 is 12.1 Å². The molecule has 1 aromatic rings. The normalized spacial score (nSPS) is 18.6. The molecule has 2 unspecified atom stereocenters. The SMILES string of the molecule is CC/C=C/C(C#N)=C(\C=C(/C)NC(=O)N1CCCc2cc(CN3C(=O)OCC3C)c(C=O)nc21)OC(C)COC. The Balaban J connectivity index is 1.86. The van der Waals surface area contributed by atoms with Crippen LogP contribution in [0.2, 0.25) is 0 Å². The highest BCUT2D eigenvalue weighted by atomic mass is 16.6. The molecular weight excluding hydrogens is 514 g/mol. The maximum atomic E-state index is 13.4. The van der Waals surface area contributed by atoms with Crippen molar-refractivity contribution < 1.29 is 28.6 Å². The first kappa shape index (κ1) is 30.4. The summed E-state index contributed by atoms with van der Waals surface area (Å²) < 4.78 is 16.2. The molecule has 0 spiro atoms. The van der Waals surface area contributed by atoms with Gasteiger partial charge in [0, 0.05) is 31.0 Å². The summed E-state index contributed by atoms with van der Waals surface area (Å²) in [5.74, 6) is 0.720. The summed E-state index contributed by atoms with van der Waals surface area (Å²) in [6.45, 7) is 8.61. The number of cyclic esters (lactones) is 1. The zero-order valence-corrected chi connectivity index (χ0v) is 23.7. The Kier molecular flexibility index (Phi) is 10.8. The first-order valence-corrected chi connectivity index (χ1v) is 13.4. The molecule has 3 heterocycles. The van der Waals surface area contributed by atoms with Crippen molar-refractivity contribution in [2.45, 2.75) is 65.6 Å². The summed E-state index contributed by atoms with van der Waals surface area (Å²) in [7, 11) is 1.57. The molecule has 2 aliphatic rings. The van der Waals surface area contributed by atoms with Gasteiger partial charge in [-0.1, -0.05) is 13.0 Å². The lowest BCUT2D eigenvalue weighted by Gasteiger charge is -2.30. The molecule has 1 N–H and O–H groups in total. The van der Waals surface area contributed by atoms with Crippen molar-refractivity contribution in [1.29, 1.82) is 5.26 Å². The van der Waals surface area contributed by atoms with E-state index in [2.05, 4.69) is 16.4 Å². The lowest BCUT2D eigenvalue weighted by atomic mass is 10.0. The standard InChI is InChI=1S/C29H37N5O6/c1-6-7-9-23(14-30)26(40-21(4)18-38-5)12-19(2)31-28(36)33-11-8-10-22-13-24(25(16-35)32-27(22)33)15-34-20(3)17-39-29(34)37/h7,9,12-13,16,20-21H,6,8,10-11,15,17-18H2,1-5H3,(H,31,36)/b9-7+,19-12+,26-23-. The number of pyridine rings is 1. The average Bonchev–Trinajstić information content (AvgIpc) is 3.24. The van der Waals surface area contributed by atoms with E-state index in [1.165, 1.54) is 4.90 Å². The fourth-order valence-corrected chi connectivity index (χ4v) is 4.47. The predicted octanol–water partition coefficient (Wildman–Crippen LogP) is 4.40. The van der Waals surface area contributed by atoms with Crippen molar-refractivity contribution in [1.82, 2.24) is 15.2 Å². The number of nitrogens with zero attached hydrogens (tertiary/aromatic N) is 4. The van der Waals surface area contributed by atoms with Gasteiger partial charge in [0.05, 0.1) is 24.8 Å². The highest BCUT2D eigenvalue weighted by molar-refractivity contribution is 5.94. The molecule has 1 fully saturated rings. The molecule has 0 aromatic carbocycles. The topological polar surface area (TPSA) is 134 Å². The molecule has 2 aliphatic heterocycles. The Morgan fingerprint density at radius 1 is 1.43 bits per heavy atom. The van der Waals surface area contributed by atoms with Gasteiger partial charge in [-0.3, -0.25) is 14.6 Å². The van der Waals surface area contributed by atoms with Crippen LogP contribution in [-0.2, 0) is 27.2 Å². The number of aldehydes is 1. The second-order valence-corrected chi connectivity index (χ2v) is 9.78. The largest absolute Gasteiger partial charge is 0.487 e. The molecule has 11 nitrogen and oxygen atoms in total. The number of aromatic nitrogens is 1. The van der Waals surface area contributed by atoms with Crippen LogP contribution in [0.15, 0.2) is 41.3 Å². The molecule has 0 radical (unpaired) electrons. The number of carbonyl (C=O) groups is 3. The Morgan fingerprint density at radius 3 is 2.83 bits per heavy atom. The van der Waals surface area contributed by atoms with Crippen molar-refractivity contribution in [3.8, 4) is 6.07 Å². The highest BCUT2D eigenvalue weighted by Crippen LogP contribution is 2.29. The summed E-state index contributed by atoms with van der Waals surface area (Å²) in [5, 5.41) is 12.6. The number of carbonyl (C=O) groups excluding carboxylic acids is 3. The van der Waals surface area contributed by atoms with Gasteiger partial charge in [-0.05, 0) is 57.7 Å². The number of hydrogen-bond donors (Lipinski definition) is 1. The summed E-state index contributed by atoms with van der Waals surface area (Å²) in [5.41, 5.74) is 2.38. The minimum Gasteiger partial charge on any atom is -0.487 e. The van der Waals surface area contributed by atoms with E-state index in [1.807, 2.05) is 32.9 Å². The number of amides is 3. The zero-order chi connectivity index (χ0) is 29.2. The number of ether oxygens (including phenoxy) is 3. The maximum Gasteiger partial charge on any atom is 0.410 e. The molecule has 3 amide bonds. The van der Waals surface area contributed by atoms with Crippen molar-refractivity contribution in [3.63, 3.8) is 0 Å². The van der Waals surface area contributed by atoms with Gasteiger partial charge in [-0.15, -0.1) is 0 Å². The monoisotopic (exact) mass is 551 g/mol. The predicted molar refractivity (Wildman–Crippen MR) is 148 cm³/mol. The molecule has 0 bridgehead atoms. The zero-order valence-electron chi connectivity index (χ0n) is 23.7. The van der Waals surface area contributed by atoms with Crippen molar-refractivity contribution in [3.05, 3.63) is 58.1 Å². The average molecular weight is 552 g/mol. The van der Waals surface area contributed by atoms with Crippen molar-refractivity contribution in [2.75, 3.05) is 31.8 Å². The van der Waals surface area contributed by atoms with Crippen LogP contribution in [0.1, 0.15) is 62.2 Å². The molecule has 0 aliphatic carbocycles. The summed E-state index contributed by atoms with van der Waals surface area (Å²) in [6.07, 6.45) is 7.17. The molecule has 11 heteroatoms. The number of rotatable bonds is 11. The molecule has 214 valence electrons. The van der Waals surface area contributed by atoms with Gasteiger partial charge in [0.25, 0.3) is 0 Å². The first-order valence-electron chi connectivity index (χ1n) is 13.4. The van der Waals surface area contributed by atoms with E-state index in [9.17, 15) is 19.6 Å². The minimum absolute atomic E-state index is 0.112. The fourth-order valence-electron chi connectivity index (χ4n) is 4.47. The number of nitriles is 1. The van der Waals surface area contributed by atoms with Gasteiger partial charge in [-0.25, -0.2) is 14.6 Å². The molecule has 2 atom stereocenters. The Hall–Kier alpha value is -4.17. The third-order valence-electron chi connectivity index (χ3n) is 6.47. The number of allylic oxidation sites excluding steroid dienone is 5. The quantitative estimate of drug-likeness (QED) is 0.185. The summed E-state index contributed by atoms with van der Waals surface area (Å²) >= 11 is 0. The number of aryl methyl sites for hydroxylation is 1. The van der Waals surface area contributed by atoms with Crippen LogP contribution in [0, 0.1) is 11.3 Å². The number of methoxy groups -OCH3 is 1. The van der Waals surface area contributed by atoms with E-state index in [1.54, 1.807) is 31.1 Å². The first-order chi connectivity index (χ1) is 19.2. The molecule has 0 saturated carbocycles. The van der Waals surface area contributed by atoms with Crippen LogP contribution in [0.4, 0.5) is 15.4 Å². The third-order valence-corrected chi connectivity index (χ3v) is 6.47. The molecule has 1 saturated heterocycles. The number of anilines is 1. The van der Waals surface area contributed by atoms with E-state index in [0.29, 0.717) is 67.3 Å². The van der Waals surface area contributed by atoms with Crippen LogP contribution in [-0.4, -0.2) is 67.3 Å². The van der Waals surface area contributed by atoms with E-state index in [-0.39, 0.29) is 24.4 Å². The second kappa shape index (κ2) is 14.3. The molecular formula is C29H37N5O6. The van der Waals surface area contributed by atoms with E-state index in [4.69, 9.17) is 14.2 Å². The minimum atomic E-state index is -0.427. The van der Waals surface area contributed by atoms with Gasteiger partial charge in [0.1, 0.15) is 36.1 Å². The van der Waals surface area contributed by atoms with E-state index in [0.717, 1.165) is 12.0 Å². The number of hydrogen-bond acceptors (Lipinski definition) is 8. The Labute approximate surface area is 235 Å². The fraction of sp³-hybridized carbons (Fsp3) is 0.483. The van der Waals surface area contributed by atoms with Crippen LogP contribution < -0.4 is 10.2 Å². The van der Waals surface area contributed by atoms with Crippen molar-refractivity contribution in [2.24, 2.45) is 0 Å². The Bertz CT molecular complexity index is 1250. The second-order valence-electron chi connectivity index (χ2n) is 9.78. The Morgan fingerprint density at radius 2 is 2.20 bits per heavy atom. The van der Waals surface area contributed by atoms with Gasteiger partial charge in [0.15, 0.2) is 6.29 Å². The molecule has 1 aromatic heterocycles. The van der Waals surface area contributed by atoms with Gasteiger partial charge in [0.2, 0.25) is 0 Å².